The number of anilines is 1. The van der Waals surface area contributed by atoms with Crippen molar-refractivity contribution in [3.05, 3.63) is 64.7 Å². The number of aryl methyl sites for hydroxylation is 2. The van der Waals surface area contributed by atoms with Crippen LogP contribution in [-0.4, -0.2) is 29.8 Å². The standard InChI is InChI=1S/C20H22N2O2/c1-14-11-15(2)13-18(12-14)21-19(23)16-5-7-17(8-6-16)20(24)22-9-3-4-10-22/h5-8,11-13H,3-4,9-10H2,1-2H3,(H,21,23). The van der Waals surface area contributed by atoms with Crippen molar-refractivity contribution in [3.8, 4) is 0 Å². The Labute approximate surface area is 142 Å². The van der Waals surface area contributed by atoms with Crippen LogP contribution in [0.15, 0.2) is 42.5 Å². The molecule has 1 saturated heterocycles. The molecule has 0 aromatic heterocycles. The second kappa shape index (κ2) is 6.87. The Morgan fingerprint density at radius 1 is 0.875 bits per heavy atom. The molecule has 2 amide bonds. The summed E-state index contributed by atoms with van der Waals surface area (Å²) in [6.07, 6.45) is 2.14. The SMILES string of the molecule is Cc1cc(C)cc(NC(=O)c2ccc(C(=O)N3CCCC3)cc2)c1. The summed E-state index contributed by atoms with van der Waals surface area (Å²) in [4.78, 5) is 26.6. The molecule has 0 aliphatic carbocycles. The zero-order chi connectivity index (χ0) is 17.1. The first kappa shape index (κ1) is 16.2. The van der Waals surface area contributed by atoms with Crippen molar-refractivity contribution in [2.24, 2.45) is 0 Å². The highest BCUT2D eigenvalue weighted by Gasteiger charge is 2.19. The highest BCUT2D eigenvalue weighted by atomic mass is 16.2. The molecule has 4 nitrogen and oxygen atoms in total. The second-order valence-corrected chi connectivity index (χ2v) is 6.41. The number of amides is 2. The van der Waals surface area contributed by atoms with E-state index in [1.807, 2.05) is 30.9 Å². The third kappa shape index (κ3) is 3.65. The smallest absolute Gasteiger partial charge is 0.255 e. The summed E-state index contributed by atoms with van der Waals surface area (Å²) in [5, 5.41) is 2.91. The van der Waals surface area contributed by atoms with Gasteiger partial charge in [0.05, 0.1) is 0 Å². The van der Waals surface area contributed by atoms with E-state index in [9.17, 15) is 9.59 Å². The summed E-state index contributed by atoms with van der Waals surface area (Å²) in [5.41, 5.74) is 4.19. The number of hydrogen-bond acceptors (Lipinski definition) is 2. The van der Waals surface area contributed by atoms with Crippen LogP contribution in [0.1, 0.15) is 44.7 Å². The van der Waals surface area contributed by atoms with Gasteiger partial charge in [0.1, 0.15) is 0 Å². The van der Waals surface area contributed by atoms with E-state index in [1.54, 1.807) is 24.3 Å². The zero-order valence-corrected chi connectivity index (χ0v) is 14.1. The summed E-state index contributed by atoms with van der Waals surface area (Å²) in [6, 6.07) is 12.8. The van der Waals surface area contributed by atoms with Crippen LogP contribution in [0.4, 0.5) is 5.69 Å². The lowest BCUT2D eigenvalue weighted by molar-refractivity contribution is 0.0792. The summed E-state index contributed by atoms with van der Waals surface area (Å²) >= 11 is 0. The van der Waals surface area contributed by atoms with E-state index in [-0.39, 0.29) is 11.8 Å². The van der Waals surface area contributed by atoms with Crippen LogP contribution in [0.25, 0.3) is 0 Å². The van der Waals surface area contributed by atoms with Gasteiger partial charge in [0, 0.05) is 29.9 Å². The molecule has 1 aliphatic rings. The Morgan fingerprint density at radius 3 is 2.00 bits per heavy atom. The van der Waals surface area contributed by atoms with Gasteiger partial charge in [0.15, 0.2) is 0 Å². The van der Waals surface area contributed by atoms with E-state index in [0.717, 1.165) is 42.7 Å². The average Bonchev–Trinajstić information content (AvgIpc) is 3.07. The summed E-state index contributed by atoms with van der Waals surface area (Å²) in [7, 11) is 0. The van der Waals surface area contributed by atoms with Crippen LogP contribution in [0, 0.1) is 13.8 Å². The fourth-order valence-corrected chi connectivity index (χ4v) is 3.12. The van der Waals surface area contributed by atoms with Gasteiger partial charge >= 0.3 is 0 Å². The summed E-state index contributed by atoms with van der Waals surface area (Å²) < 4.78 is 0. The van der Waals surface area contributed by atoms with Crippen molar-refractivity contribution in [2.75, 3.05) is 18.4 Å². The van der Waals surface area contributed by atoms with Crippen LogP contribution in [0.3, 0.4) is 0 Å². The molecular formula is C20H22N2O2. The Kier molecular flexibility index (Phi) is 4.65. The number of nitrogens with zero attached hydrogens (tertiary/aromatic N) is 1. The molecular weight excluding hydrogens is 300 g/mol. The molecule has 0 radical (unpaired) electrons. The molecule has 0 spiro atoms. The molecule has 24 heavy (non-hydrogen) atoms. The maximum absolute atomic E-state index is 12.4. The van der Waals surface area contributed by atoms with Crippen molar-refractivity contribution in [3.63, 3.8) is 0 Å². The minimum absolute atomic E-state index is 0.0498. The molecule has 1 aliphatic heterocycles. The monoisotopic (exact) mass is 322 g/mol. The van der Waals surface area contributed by atoms with Gasteiger partial charge in [-0.2, -0.15) is 0 Å². The van der Waals surface area contributed by atoms with Crippen LogP contribution in [-0.2, 0) is 0 Å². The minimum Gasteiger partial charge on any atom is -0.339 e. The maximum atomic E-state index is 12.4. The molecule has 0 unspecified atom stereocenters. The molecule has 0 saturated carbocycles. The number of benzene rings is 2. The quantitative estimate of drug-likeness (QED) is 0.934. The van der Waals surface area contributed by atoms with Crippen molar-refractivity contribution in [2.45, 2.75) is 26.7 Å². The lowest BCUT2D eigenvalue weighted by Crippen LogP contribution is -2.27. The number of likely N-dealkylation sites (tertiary alicyclic amines) is 1. The first-order valence-electron chi connectivity index (χ1n) is 8.32. The van der Waals surface area contributed by atoms with Gasteiger partial charge in [-0.25, -0.2) is 0 Å². The van der Waals surface area contributed by atoms with Gasteiger partial charge < -0.3 is 10.2 Å². The second-order valence-electron chi connectivity index (χ2n) is 6.41. The van der Waals surface area contributed by atoms with Crippen molar-refractivity contribution < 1.29 is 9.59 Å². The maximum Gasteiger partial charge on any atom is 0.255 e. The Balaban J connectivity index is 1.70. The molecule has 3 rings (SSSR count). The van der Waals surface area contributed by atoms with Crippen LogP contribution >= 0.6 is 0 Å². The lowest BCUT2D eigenvalue weighted by atomic mass is 10.1. The normalized spacial score (nSPS) is 13.8. The number of carbonyl (C=O) groups excluding carboxylic acids is 2. The molecule has 124 valence electrons. The number of nitrogens with one attached hydrogen (secondary N) is 1. The third-order valence-corrected chi connectivity index (χ3v) is 4.27. The minimum atomic E-state index is -0.167. The number of carbonyl (C=O) groups is 2. The largest absolute Gasteiger partial charge is 0.339 e. The first-order chi connectivity index (χ1) is 11.5. The first-order valence-corrected chi connectivity index (χ1v) is 8.32. The number of rotatable bonds is 3. The highest BCUT2D eigenvalue weighted by Crippen LogP contribution is 2.17. The summed E-state index contributed by atoms with van der Waals surface area (Å²) in [6.45, 7) is 5.66. The molecule has 2 aromatic rings. The Bertz CT molecular complexity index is 739. The number of hydrogen-bond donors (Lipinski definition) is 1. The van der Waals surface area contributed by atoms with Crippen LogP contribution in [0.2, 0.25) is 0 Å². The molecule has 1 N–H and O–H groups in total. The van der Waals surface area contributed by atoms with Crippen molar-refractivity contribution >= 4 is 17.5 Å². The fraction of sp³-hybridized carbons (Fsp3) is 0.300. The van der Waals surface area contributed by atoms with Crippen LogP contribution < -0.4 is 5.32 Å². The van der Waals surface area contributed by atoms with E-state index in [1.165, 1.54) is 0 Å². The van der Waals surface area contributed by atoms with Crippen LogP contribution in [0.5, 0.6) is 0 Å². The Morgan fingerprint density at radius 2 is 1.42 bits per heavy atom. The van der Waals surface area contributed by atoms with E-state index in [0.29, 0.717) is 11.1 Å². The zero-order valence-electron chi connectivity index (χ0n) is 14.1. The third-order valence-electron chi connectivity index (χ3n) is 4.27. The van der Waals surface area contributed by atoms with Crippen molar-refractivity contribution in [1.82, 2.24) is 4.90 Å². The van der Waals surface area contributed by atoms with Gasteiger partial charge in [-0.3, -0.25) is 9.59 Å². The molecule has 2 aromatic carbocycles. The Hall–Kier alpha value is -2.62. The predicted octanol–water partition coefficient (Wildman–Crippen LogP) is 3.79. The van der Waals surface area contributed by atoms with E-state index < -0.39 is 0 Å². The molecule has 0 bridgehead atoms. The molecule has 1 fully saturated rings. The highest BCUT2D eigenvalue weighted by molar-refractivity contribution is 6.05. The predicted molar refractivity (Wildman–Crippen MR) is 95.4 cm³/mol. The fourth-order valence-electron chi connectivity index (χ4n) is 3.12. The van der Waals surface area contributed by atoms with Gasteiger partial charge in [0.25, 0.3) is 11.8 Å². The van der Waals surface area contributed by atoms with Gasteiger partial charge in [-0.05, 0) is 74.2 Å². The van der Waals surface area contributed by atoms with E-state index in [4.69, 9.17) is 0 Å². The molecule has 4 heteroatoms. The molecule has 1 heterocycles. The summed E-state index contributed by atoms with van der Waals surface area (Å²) in [5.74, 6) is -0.117. The van der Waals surface area contributed by atoms with E-state index >= 15 is 0 Å². The van der Waals surface area contributed by atoms with Gasteiger partial charge in [0.2, 0.25) is 0 Å². The van der Waals surface area contributed by atoms with E-state index in [2.05, 4.69) is 11.4 Å². The average molecular weight is 322 g/mol. The lowest BCUT2D eigenvalue weighted by Gasteiger charge is -2.15. The topological polar surface area (TPSA) is 49.4 Å². The molecule has 0 atom stereocenters. The van der Waals surface area contributed by atoms with Gasteiger partial charge in [-0.1, -0.05) is 6.07 Å². The van der Waals surface area contributed by atoms with Crippen molar-refractivity contribution in [1.29, 1.82) is 0 Å². The van der Waals surface area contributed by atoms with Gasteiger partial charge in [-0.15, -0.1) is 0 Å².